The van der Waals surface area contributed by atoms with Crippen molar-refractivity contribution in [3.63, 3.8) is 0 Å². The lowest BCUT2D eigenvalue weighted by molar-refractivity contribution is -0.163. The summed E-state index contributed by atoms with van der Waals surface area (Å²) in [5.41, 5.74) is 2.08. The third kappa shape index (κ3) is 4.79. The molecule has 1 aliphatic heterocycles. The van der Waals surface area contributed by atoms with Gasteiger partial charge in [-0.25, -0.2) is 4.79 Å². The lowest BCUT2D eigenvalue weighted by Gasteiger charge is -2.22. The molecule has 10 nitrogen and oxygen atoms in total. The van der Waals surface area contributed by atoms with E-state index in [2.05, 4.69) is 5.10 Å². The van der Waals surface area contributed by atoms with Crippen molar-refractivity contribution < 1.29 is 33.3 Å². The number of anilines is 1. The zero-order valence-corrected chi connectivity index (χ0v) is 19.4. The maximum atomic E-state index is 12.8. The number of carbonyl (C=O) groups excluding carboxylic acids is 2. The number of hydrazone groups is 1. The number of benzene rings is 2. The van der Waals surface area contributed by atoms with Crippen LogP contribution in [0.2, 0.25) is 0 Å². The van der Waals surface area contributed by atoms with Gasteiger partial charge in [-0.15, -0.1) is 5.10 Å². The first-order valence-electron chi connectivity index (χ1n) is 10.2. The molecule has 2 aromatic rings. The van der Waals surface area contributed by atoms with Gasteiger partial charge >= 0.3 is 11.9 Å². The molecule has 0 saturated heterocycles. The summed E-state index contributed by atoms with van der Waals surface area (Å²) in [6.45, 7) is 1.67. The number of carbonyl (C=O) groups is 2. The molecule has 1 atom stereocenters. The van der Waals surface area contributed by atoms with Gasteiger partial charge in [-0.3, -0.25) is 4.79 Å². The van der Waals surface area contributed by atoms with Gasteiger partial charge in [0.2, 0.25) is 17.9 Å². The molecule has 33 heavy (non-hydrogen) atoms. The molecule has 0 bridgehead atoms. The fourth-order valence-electron chi connectivity index (χ4n) is 3.25. The average molecular weight is 457 g/mol. The van der Waals surface area contributed by atoms with E-state index in [4.69, 9.17) is 23.7 Å². The van der Waals surface area contributed by atoms with E-state index in [-0.39, 0.29) is 12.5 Å². The summed E-state index contributed by atoms with van der Waals surface area (Å²) in [7, 11) is 8.30. The monoisotopic (exact) mass is 457 g/mol. The Hall–Kier alpha value is -3.95. The number of ether oxygens (including phenoxy) is 5. The molecule has 176 valence electrons. The van der Waals surface area contributed by atoms with E-state index >= 15 is 0 Å². The first-order chi connectivity index (χ1) is 15.8. The molecule has 10 heteroatoms. The number of esters is 1. The van der Waals surface area contributed by atoms with Crippen LogP contribution in [0.1, 0.15) is 24.3 Å². The molecular formula is C23H27N3O7. The van der Waals surface area contributed by atoms with E-state index in [9.17, 15) is 9.59 Å². The van der Waals surface area contributed by atoms with Crippen molar-refractivity contribution in [2.75, 3.05) is 46.9 Å². The molecule has 0 fully saturated rings. The molecule has 0 aliphatic carbocycles. The van der Waals surface area contributed by atoms with Gasteiger partial charge < -0.3 is 28.6 Å². The Morgan fingerprint density at radius 2 is 1.64 bits per heavy atom. The zero-order chi connectivity index (χ0) is 24.1. The molecule has 0 radical (unpaired) electrons. The predicted octanol–water partition coefficient (Wildman–Crippen LogP) is 2.56. The van der Waals surface area contributed by atoms with E-state index in [0.717, 1.165) is 10.7 Å². The van der Waals surface area contributed by atoms with Crippen molar-refractivity contribution in [1.82, 2.24) is 5.01 Å². The largest absolute Gasteiger partial charge is 0.493 e. The van der Waals surface area contributed by atoms with Crippen LogP contribution < -0.4 is 19.1 Å². The maximum absolute atomic E-state index is 12.8. The molecule has 0 N–H and O–H groups in total. The van der Waals surface area contributed by atoms with Gasteiger partial charge in [-0.05, 0) is 43.3 Å². The second kappa shape index (κ2) is 10.1. The fourth-order valence-corrected chi connectivity index (χ4v) is 3.25. The Morgan fingerprint density at radius 1 is 1.03 bits per heavy atom. The normalized spacial score (nSPS) is 14.8. The molecule has 1 aliphatic rings. The Balaban J connectivity index is 2.04. The van der Waals surface area contributed by atoms with Crippen molar-refractivity contribution in [2.45, 2.75) is 13.2 Å². The minimum Gasteiger partial charge on any atom is -0.493 e. The summed E-state index contributed by atoms with van der Waals surface area (Å²) in [4.78, 5) is 27.0. The SMILES string of the molecule is CCOC(=O)C(=O)N1N=C(c2ccc(N(C)C)cc2)OC1c1cc(OC)c(OC)c(OC)c1. The Morgan fingerprint density at radius 3 is 2.12 bits per heavy atom. The second-order valence-electron chi connectivity index (χ2n) is 7.15. The third-order valence-corrected chi connectivity index (χ3v) is 4.90. The van der Waals surface area contributed by atoms with E-state index in [1.807, 2.05) is 43.3 Å². The molecule has 1 amide bonds. The number of hydrogen-bond donors (Lipinski definition) is 0. The minimum absolute atomic E-state index is 0.0523. The van der Waals surface area contributed by atoms with Crippen molar-refractivity contribution in [3.8, 4) is 17.2 Å². The summed E-state index contributed by atoms with van der Waals surface area (Å²) >= 11 is 0. The van der Waals surface area contributed by atoms with Gasteiger partial charge in [0.05, 0.1) is 27.9 Å². The van der Waals surface area contributed by atoms with Crippen LogP contribution in [0.15, 0.2) is 41.5 Å². The first-order valence-corrected chi connectivity index (χ1v) is 10.2. The highest BCUT2D eigenvalue weighted by Gasteiger charge is 2.39. The highest BCUT2D eigenvalue weighted by Crippen LogP contribution is 2.42. The molecule has 3 rings (SSSR count). The van der Waals surface area contributed by atoms with E-state index in [1.54, 1.807) is 19.1 Å². The van der Waals surface area contributed by atoms with Crippen LogP contribution in [0, 0.1) is 0 Å². The van der Waals surface area contributed by atoms with Crippen LogP contribution in [-0.2, 0) is 19.1 Å². The topological polar surface area (TPSA) is 99.1 Å². The number of methoxy groups -OCH3 is 3. The molecule has 2 aromatic carbocycles. The van der Waals surface area contributed by atoms with Crippen LogP contribution in [-0.4, -0.2) is 64.8 Å². The van der Waals surface area contributed by atoms with E-state index in [1.165, 1.54) is 21.3 Å². The third-order valence-electron chi connectivity index (χ3n) is 4.90. The Bertz CT molecular complexity index is 1030. The van der Waals surface area contributed by atoms with Crippen LogP contribution in [0.3, 0.4) is 0 Å². The van der Waals surface area contributed by atoms with Gasteiger partial charge in [0, 0.05) is 30.9 Å². The number of rotatable bonds is 7. The van der Waals surface area contributed by atoms with Gasteiger partial charge in [-0.2, -0.15) is 5.01 Å². The molecule has 0 saturated carbocycles. The predicted molar refractivity (Wildman–Crippen MR) is 121 cm³/mol. The average Bonchev–Trinajstić information content (AvgIpc) is 3.28. The van der Waals surface area contributed by atoms with Gasteiger partial charge in [-0.1, -0.05) is 0 Å². The summed E-state index contributed by atoms with van der Waals surface area (Å²) in [5.74, 6) is -0.713. The fraction of sp³-hybridized carbons (Fsp3) is 0.348. The van der Waals surface area contributed by atoms with E-state index < -0.39 is 18.1 Å². The summed E-state index contributed by atoms with van der Waals surface area (Å²) in [6, 6.07) is 10.7. The van der Waals surface area contributed by atoms with Crippen LogP contribution >= 0.6 is 0 Å². The van der Waals surface area contributed by atoms with Gasteiger partial charge in [0.25, 0.3) is 0 Å². The van der Waals surface area contributed by atoms with Crippen LogP contribution in [0.5, 0.6) is 17.2 Å². The maximum Gasteiger partial charge on any atom is 0.399 e. The van der Waals surface area contributed by atoms with Gasteiger partial charge in [0.15, 0.2) is 11.5 Å². The molecule has 1 unspecified atom stereocenters. The first kappa shape index (κ1) is 23.7. The van der Waals surface area contributed by atoms with Crippen molar-refractivity contribution in [2.24, 2.45) is 5.10 Å². The highest BCUT2D eigenvalue weighted by atomic mass is 16.6. The smallest absolute Gasteiger partial charge is 0.399 e. The highest BCUT2D eigenvalue weighted by molar-refractivity contribution is 6.32. The van der Waals surface area contributed by atoms with Crippen molar-refractivity contribution in [1.29, 1.82) is 0 Å². The van der Waals surface area contributed by atoms with Crippen LogP contribution in [0.25, 0.3) is 0 Å². The Kier molecular flexibility index (Phi) is 7.27. The number of nitrogens with zero attached hydrogens (tertiary/aromatic N) is 3. The summed E-state index contributed by atoms with van der Waals surface area (Å²) in [6.07, 6.45) is -1.06. The lowest BCUT2D eigenvalue weighted by atomic mass is 10.1. The lowest BCUT2D eigenvalue weighted by Crippen LogP contribution is -2.35. The standard InChI is InChI=1S/C23H27N3O7/c1-7-32-23(28)21(27)26-22(15-12-17(29-4)19(31-6)18(13-15)30-5)33-20(24-26)14-8-10-16(11-9-14)25(2)3/h8-13,22H,7H2,1-6H3. The molecular weight excluding hydrogens is 430 g/mol. The number of amides is 1. The zero-order valence-electron chi connectivity index (χ0n) is 19.4. The summed E-state index contributed by atoms with van der Waals surface area (Å²) < 4.78 is 27.1. The van der Waals surface area contributed by atoms with Crippen molar-refractivity contribution in [3.05, 3.63) is 47.5 Å². The van der Waals surface area contributed by atoms with Crippen molar-refractivity contribution >= 4 is 23.5 Å². The van der Waals surface area contributed by atoms with E-state index in [0.29, 0.717) is 28.4 Å². The van der Waals surface area contributed by atoms with Gasteiger partial charge in [0.1, 0.15) is 0 Å². The molecule has 1 heterocycles. The Labute approximate surface area is 192 Å². The minimum atomic E-state index is -1.06. The second-order valence-corrected chi connectivity index (χ2v) is 7.15. The number of hydrogen-bond acceptors (Lipinski definition) is 9. The summed E-state index contributed by atoms with van der Waals surface area (Å²) in [5, 5.41) is 5.25. The van der Waals surface area contributed by atoms with Crippen LogP contribution in [0.4, 0.5) is 5.69 Å². The quantitative estimate of drug-likeness (QED) is 0.462. The molecule has 0 spiro atoms. The molecule has 0 aromatic heterocycles.